The average molecular weight is 525 g/mol. The maximum absolute atomic E-state index is 13.5. The van der Waals surface area contributed by atoms with Crippen molar-refractivity contribution in [3.63, 3.8) is 0 Å². The number of carbonyl (C=O) groups is 4. The Hall–Kier alpha value is -4.36. The van der Waals surface area contributed by atoms with Gasteiger partial charge in [-0.05, 0) is 36.0 Å². The van der Waals surface area contributed by atoms with Gasteiger partial charge in [-0.15, -0.1) is 0 Å². The van der Waals surface area contributed by atoms with E-state index >= 15 is 0 Å². The highest BCUT2D eigenvalue weighted by Gasteiger charge is 2.40. The molecule has 1 atom stereocenters. The molecule has 1 unspecified atom stereocenters. The number of carbonyl (C=O) groups excluding carboxylic acids is 2. The zero-order valence-electron chi connectivity index (χ0n) is 19.5. The minimum Gasteiger partial charge on any atom is -0.481 e. The van der Waals surface area contributed by atoms with Gasteiger partial charge >= 0.3 is 18.1 Å². The maximum Gasteiger partial charge on any atom is 0.490 e. The number of nitrogens with zero attached hydrogens (tertiary/aromatic N) is 2. The van der Waals surface area contributed by atoms with Gasteiger partial charge in [-0.25, -0.2) is 4.79 Å². The Labute approximate surface area is 209 Å². The molecular formula is C23H26F3N5O6. The number of carboxylic acid groups (broad SMARTS) is 2. The SMILES string of the molecule is NN=Cc1ccc(C2=C(C(N)=O)C(N)=C(N3CCCC3)C(=O)C2CCC(=O)O)cc1.O=C(O)C(F)(F)F. The molecule has 1 aliphatic carbocycles. The molecule has 1 fully saturated rings. The Morgan fingerprint density at radius 3 is 2.08 bits per heavy atom. The van der Waals surface area contributed by atoms with Crippen molar-refractivity contribution in [2.45, 2.75) is 31.9 Å². The number of nitrogens with two attached hydrogens (primary N) is 3. The highest BCUT2D eigenvalue weighted by Crippen LogP contribution is 2.40. The number of hydrazone groups is 1. The fraction of sp³-hybridized carbons (Fsp3) is 0.348. The van der Waals surface area contributed by atoms with Crippen molar-refractivity contribution in [3.8, 4) is 0 Å². The molecule has 1 saturated heterocycles. The van der Waals surface area contributed by atoms with Gasteiger partial charge in [0.05, 0.1) is 23.4 Å². The number of benzene rings is 1. The van der Waals surface area contributed by atoms with Crippen LogP contribution in [0.5, 0.6) is 0 Å². The van der Waals surface area contributed by atoms with Crippen LogP contribution in [0.1, 0.15) is 36.8 Å². The topological polar surface area (TPSA) is 202 Å². The van der Waals surface area contributed by atoms with E-state index < -0.39 is 29.9 Å². The molecule has 11 nitrogen and oxygen atoms in total. The first-order chi connectivity index (χ1) is 17.3. The summed E-state index contributed by atoms with van der Waals surface area (Å²) in [6, 6.07) is 6.88. The van der Waals surface area contributed by atoms with E-state index in [4.69, 9.17) is 27.2 Å². The second-order valence-corrected chi connectivity index (χ2v) is 8.16. The fourth-order valence-corrected chi connectivity index (χ4v) is 4.12. The number of Topliss-reactive ketones (excluding diaryl/α,β-unsaturated/α-hetero) is 1. The molecule has 1 amide bonds. The first-order valence-electron chi connectivity index (χ1n) is 11.0. The van der Waals surface area contributed by atoms with Crippen molar-refractivity contribution in [2.24, 2.45) is 28.3 Å². The Morgan fingerprint density at radius 1 is 1.11 bits per heavy atom. The number of allylic oxidation sites excluding steroid dienone is 2. The fourth-order valence-electron chi connectivity index (χ4n) is 4.12. The Balaban J connectivity index is 0.000000604. The summed E-state index contributed by atoms with van der Waals surface area (Å²) in [5.74, 6) is -0.464. The van der Waals surface area contributed by atoms with Crippen LogP contribution in [-0.2, 0) is 19.2 Å². The van der Waals surface area contributed by atoms with Crippen molar-refractivity contribution in [1.82, 2.24) is 4.90 Å². The van der Waals surface area contributed by atoms with E-state index in [0.29, 0.717) is 24.2 Å². The molecule has 1 heterocycles. The number of hydrogen-bond acceptors (Lipinski definition) is 8. The number of carboxylic acids is 2. The number of ketones is 1. The molecule has 0 aromatic heterocycles. The van der Waals surface area contributed by atoms with Crippen molar-refractivity contribution >= 4 is 35.4 Å². The molecule has 37 heavy (non-hydrogen) atoms. The van der Waals surface area contributed by atoms with Crippen LogP contribution in [0, 0.1) is 5.92 Å². The monoisotopic (exact) mass is 525 g/mol. The summed E-state index contributed by atoms with van der Waals surface area (Å²) in [5.41, 5.74) is 14.1. The summed E-state index contributed by atoms with van der Waals surface area (Å²) in [6.45, 7) is 1.31. The van der Waals surface area contributed by atoms with E-state index in [1.54, 1.807) is 24.3 Å². The summed E-state index contributed by atoms with van der Waals surface area (Å²) in [5, 5.41) is 19.8. The van der Waals surface area contributed by atoms with E-state index in [-0.39, 0.29) is 35.6 Å². The number of aliphatic carboxylic acids is 2. The Kier molecular flexibility index (Phi) is 9.41. The lowest BCUT2D eigenvalue weighted by Gasteiger charge is -2.33. The van der Waals surface area contributed by atoms with Gasteiger partial charge in [0.15, 0.2) is 5.78 Å². The largest absolute Gasteiger partial charge is 0.490 e. The van der Waals surface area contributed by atoms with Crippen molar-refractivity contribution in [2.75, 3.05) is 13.1 Å². The number of alkyl halides is 3. The molecule has 1 aromatic rings. The lowest BCUT2D eigenvalue weighted by atomic mass is 9.76. The zero-order valence-corrected chi connectivity index (χ0v) is 19.5. The average Bonchev–Trinajstić information content (AvgIpc) is 3.32. The highest BCUT2D eigenvalue weighted by atomic mass is 19.4. The predicted molar refractivity (Wildman–Crippen MR) is 125 cm³/mol. The number of primary amides is 1. The zero-order chi connectivity index (χ0) is 27.9. The lowest BCUT2D eigenvalue weighted by molar-refractivity contribution is -0.192. The molecule has 8 N–H and O–H groups in total. The molecule has 200 valence electrons. The third kappa shape index (κ3) is 7.08. The minimum absolute atomic E-state index is 0.0386. The van der Waals surface area contributed by atoms with E-state index in [9.17, 15) is 32.7 Å². The number of halogens is 3. The predicted octanol–water partition coefficient (Wildman–Crippen LogP) is 1.18. The van der Waals surface area contributed by atoms with Crippen LogP contribution in [0.3, 0.4) is 0 Å². The first-order valence-corrected chi connectivity index (χ1v) is 11.0. The quantitative estimate of drug-likeness (QED) is 0.197. The third-order valence-corrected chi connectivity index (χ3v) is 5.70. The van der Waals surface area contributed by atoms with Gasteiger partial charge in [-0.3, -0.25) is 14.4 Å². The smallest absolute Gasteiger partial charge is 0.481 e. The van der Waals surface area contributed by atoms with Crippen LogP contribution < -0.4 is 17.3 Å². The van der Waals surface area contributed by atoms with Gasteiger partial charge in [-0.1, -0.05) is 24.3 Å². The summed E-state index contributed by atoms with van der Waals surface area (Å²) >= 11 is 0. The Morgan fingerprint density at radius 2 is 1.65 bits per heavy atom. The molecule has 14 heteroatoms. The van der Waals surface area contributed by atoms with Crippen molar-refractivity contribution < 1.29 is 42.6 Å². The van der Waals surface area contributed by atoms with E-state index in [1.165, 1.54) is 6.21 Å². The maximum atomic E-state index is 13.5. The number of likely N-dealkylation sites (tertiary alicyclic amines) is 1. The first kappa shape index (κ1) is 28.9. The van der Waals surface area contributed by atoms with Gasteiger partial charge < -0.3 is 32.4 Å². The molecule has 2 aliphatic rings. The highest BCUT2D eigenvalue weighted by molar-refractivity contribution is 6.16. The molecule has 0 bridgehead atoms. The third-order valence-electron chi connectivity index (χ3n) is 5.70. The molecule has 3 rings (SSSR count). The molecule has 0 saturated carbocycles. The normalized spacial score (nSPS) is 18.2. The summed E-state index contributed by atoms with van der Waals surface area (Å²) < 4.78 is 31.7. The summed E-state index contributed by atoms with van der Waals surface area (Å²) in [4.78, 5) is 47.9. The van der Waals surface area contributed by atoms with E-state index in [2.05, 4.69) is 5.10 Å². The van der Waals surface area contributed by atoms with Crippen LogP contribution in [0.4, 0.5) is 13.2 Å². The number of rotatable bonds is 7. The molecule has 1 aliphatic heterocycles. The standard InChI is InChI=1S/C21H25N5O4.C2HF3O2/c22-18-17(21(23)30)16(13-5-3-12(4-6-13)11-25-24)14(7-8-15(27)28)20(29)19(18)26-9-1-2-10-26;3-2(4,5)1(6)7/h3-6,11,14H,1-2,7-10,22,24H2,(H2,23,30)(H,27,28);(H,6,7). The van der Waals surface area contributed by atoms with E-state index in [0.717, 1.165) is 18.4 Å². The van der Waals surface area contributed by atoms with Gasteiger partial charge in [0.1, 0.15) is 5.70 Å². The lowest BCUT2D eigenvalue weighted by Crippen LogP contribution is -2.39. The molecule has 1 aromatic carbocycles. The van der Waals surface area contributed by atoms with Crippen LogP contribution in [-0.4, -0.2) is 64.2 Å². The van der Waals surface area contributed by atoms with Gasteiger partial charge in [0, 0.05) is 19.5 Å². The van der Waals surface area contributed by atoms with Gasteiger partial charge in [0.2, 0.25) is 0 Å². The molecular weight excluding hydrogens is 499 g/mol. The Bertz CT molecular complexity index is 1150. The second-order valence-electron chi connectivity index (χ2n) is 8.16. The van der Waals surface area contributed by atoms with Crippen molar-refractivity contribution in [3.05, 3.63) is 52.4 Å². The molecule has 0 spiro atoms. The van der Waals surface area contributed by atoms with Crippen LogP contribution in [0.2, 0.25) is 0 Å². The summed E-state index contributed by atoms with van der Waals surface area (Å²) in [7, 11) is 0. The van der Waals surface area contributed by atoms with Crippen LogP contribution in [0.25, 0.3) is 5.57 Å². The minimum atomic E-state index is -5.08. The van der Waals surface area contributed by atoms with E-state index in [1.807, 2.05) is 4.90 Å². The van der Waals surface area contributed by atoms with Gasteiger partial charge in [0.25, 0.3) is 5.91 Å². The molecule has 0 radical (unpaired) electrons. The number of amides is 1. The van der Waals surface area contributed by atoms with Crippen LogP contribution >= 0.6 is 0 Å². The van der Waals surface area contributed by atoms with Crippen molar-refractivity contribution in [1.29, 1.82) is 0 Å². The van der Waals surface area contributed by atoms with Crippen LogP contribution in [0.15, 0.2) is 46.3 Å². The number of hydrogen-bond donors (Lipinski definition) is 5. The second kappa shape index (κ2) is 12.1. The summed E-state index contributed by atoms with van der Waals surface area (Å²) in [6.07, 6.45) is -1.98. The van der Waals surface area contributed by atoms with Gasteiger partial charge in [-0.2, -0.15) is 18.3 Å².